The van der Waals surface area contributed by atoms with Gasteiger partial charge < -0.3 is 9.47 Å². The number of benzene rings is 2. The molecule has 0 N–H and O–H groups in total. The highest BCUT2D eigenvalue weighted by Crippen LogP contribution is 2.31. The molecule has 23 heavy (non-hydrogen) atoms. The molecule has 0 aromatic heterocycles. The van der Waals surface area contributed by atoms with Gasteiger partial charge in [-0.25, -0.2) is 0 Å². The minimum absolute atomic E-state index is 0.0420. The molecule has 0 saturated heterocycles. The van der Waals surface area contributed by atoms with E-state index in [1.54, 1.807) is 18.2 Å². The lowest BCUT2D eigenvalue weighted by Gasteiger charge is -2.13. The molecule has 0 amide bonds. The molecular weight excluding hydrogens is 309 g/mol. The first-order valence-corrected chi connectivity index (χ1v) is 6.79. The predicted molar refractivity (Wildman–Crippen MR) is 78.8 cm³/mol. The summed E-state index contributed by atoms with van der Waals surface area (Å²) >= 11 is 0. The summed E-state index contributed by atoms with van der Waals surface area (Å²) in [6, 6.07) is 9.59. The Kier molecular flexibility index (Phi) is 4.93. The molecule has 0 bridgehead atoms. The van der Waals surface area contributed by atoms with Crippen LogP contribution in [-0.4, -0.2) is 12.9 Å². The quantitative estimate of drug-likeness (QED) is 0.760. The van der Waals surface area contributed by atoms with Gasteiger partial charge >= 0.3 is 6.18 Å². The minimum Gasteiger partial charge on any atom is -0.493 e. The van der Waals surface area contributed by atoms with Crippen molar-refractivity contribution in [1.82, 2.24) is 0 Å². The number of ether oxygens (including phenoxy) is 2. The van der Waals surface area contributed by atoms with Gasteiger partial charge in [0.2, 0.25) is 0 Å². The molecule has 0 aliphatic heterocycles. The van der Waals surface area contributed by atoms with Crippen LogP contribution in [0.25, 0.3) is 0 Å². The average Bonchev–Trinajstić information content (AvgIpc) is 2.52. The molecule has 0 aliphatic rings. The number of ketones is 1. The topological polar surface area (TPSA) is 35.5 Å². The fourth-order valence-corrected chi connectivity index (χ4v) is 2.00. The van der Waals surface area contributed by atoms with Crippen molar-refractivity contribution in [3.05, 3.63) is 59.2 Å². The van der Waals surface area contributed by atoms with E-state index in [1.165, 1.54) is 26.2 Å². The first-order chi connectivity index (χ1) is 10.8. The summed E-state index contributed by atoms with van der Waals surface area (Å²) in [5, 5.41) is 0. The summed E-state index contributed by atoms with van der Waals surface area (Å²) in [7, 11) is 1.43. The molecule has 2 rings (SSSR count). The van der Waals surface area contributed by atoms with Crippen LogP contribution in [0.15, 0.2) is 42.5 Å². The molecule has 0 unspecified atom stereocenters. The van der Waals surface area contributed by atoms with Crippen LogP contribution in [-0.2, 0) is 12.8 Å². The maximum absolute atomic E-state index is 12.7. The molecule has 0 aliphatic carbocycles. The van der Waals surface area contributed by atoms with Gasteiger partial charge in [0, 0.05) is 5.56 Å². The molecule has 0 heterocycles. The molecule has 122 valence electrons. The molecule has 6 heteroatoms. The molecule has 0 saturated carbocycles. The first-order valence-electron chi connectivity index (χ1n) is 6.79. The molecular formula is C17H15F3O3. The standard InChI is InChI=1S/C17H15F3O3/c1-11(21)13-6-7-15(16(9-13)22-2)23-10-12-4-3-5-14(8-12)17(18,19)20/h3-9H,10H2,1-2H3. The first kappa shape index (κ1) is 16.9. The summed E-state index contributed by atoms with van der Waals surface area (Å²) in [5.74, 6) is 0.590. The monoisotopic (exact) mass is 324 g/mol. The van der Waals surface area contributed by atoms with Gasteiger partial charge in [-0.1, -0.05) is 12.1 Å². The summed E-state index contributed by atoms with van der Waals surface area (Å²) in [4.78, 5) is 11.3. The number of carbonyl (C=O) groups is 1. The van der Waals surface area contributed by atoms with Gasteiger partial charge in [0.15, 0.2) is 17.3 Å². The van der Waals surface area contributed by atoms with Gasteiger partial charge in [0.05, 0.1) is 12.7 Å². The van der Waals surface area contributed by atoms with E-state index < -0.39 is 11.7 Å². The zero-order valence-corrected chi connectivity index (χ0v) is 12.6. The van der Waals surface area contributed by atoms with E-state index in [0.29, 0.717) is 22.6 Å². The third-order valence-corrected chi connectivity index (χ3v) is 3.22. The normalized spacial score (nSPS) is 11.2. The number of alkyl halides is 3. The highest BCUT2D eigenvalue weighted by atomic mass is 19.4. The van der Waals surface area contributed by atoms with Crippen molar-refractivity contribution in [2.75, 3.05) is 7.11 Å². The van der Waals surface area contributed by atoms with E-state index in [0.717, 1.165) is 12.1 Å². The van der Waals surface area contributed by atoms with E-state index in [1.807, 2.05) is 0 Å². The van der Waals surface area contributed by atoms with Gasteiger partial charge in [0.1, 0.15) is 6.61 Å². The fourth-order valence-electron chi connectivity index (χ4n) is 2.00. The van der Waals surface area contributed by atoms with Crippen LogP contribution in [0.5, 0.6) is 11.5 Å². The molecule has 0 fully saturated rings. The van der Waals surface area contributed by atoms with Gasteiger partial charge in [-0.15, -0.1) is 0 Å². The van der Waals surface area contributed by atoms with Crippen LogP contribution in [0.4, 0.5) is 13.2 Å². The SMILES string of the molecule is COc1cc(C(C)=O)ccc1OCc1cccc(C(F)(F)F)c1. The Morgan fingerprint density at radius 2 is 1.83 bits per heavy atom. The largest absolute Gasteiger partial charge is 0.493 e. The lowest BCUT2D eigenvalue weighted by Crippen LogP contribution is -2.06. The highest BCUT2D eigenvalue weighted by Gasteiger charge is 2.30. The summed E-state index contributed by atoms with van der Waals surface area (Å²) in [5.41, 5.74) is 0.128. The predicted octanol–water partition coefficient (Wildman–Crippen LogP) is 4.50. The van der Waals surface area contributed by atoms with Crippen LogP contribution >= 0.6 is 0 Å². The lowest BCUT2D eigenvalue weighted by atomic mass is 10.1. The second kappa shape index (κ2) is 6.73. The van der Waals surface area contributed by atoms with Crippen LogP contribution in [0.2, 0.25) is 0 Å². The summed E-state index contributed by atoms with van der Waals surface area (Å²) < 4.78 is 48.7. The Morgan fingerprint density at radius 1 is 1.09 bits per heavy atom. The zero-order valence-electron chi connectivity index (χ0n) is 12.6. The summed E-state index contributed by atoms with van der Waals surface area (Å²) in [6.07, 6.45) is -4.39. The maximum Gasteiger partial charge on any atom is 0.416 e. The third-order valence-electron chi connectivity index (χ3n) is 3.22. The Hall–Kier alpha value is -2.50. The van der Waals surface area contributed by atoms with E-state index in [9.17, 15) is 18.0 Å². The van der Waals surface area contributed by atoms with Crippen LogP contribution in [0.1, 0.15) is 28.4 Å². The molecule has 0 radical (unpaired) electrons. The Balaban J connectivity index is 2.16. The van der Waals surface area contributed by atoms with Crippen LogP contribution in [0.3, 0.4) is 0 Å². The van der Waals surface area contributed by atoms with Crippen molar-refractivity contribution >= 4 is 5.78 Å². The number of hydrogen-bond donors (Lipinski definition) is 0. The number of hydrogen-bond acceptors (Lipinski definition) is 3. The van der Waals surface area contributed by atoms with Gasteiger partial charge in [-0.05, 0) is 42.8 Å². The van der Waals surface area contributed by atoms with Gasteiger partial charge in [0.25, 0.3) is 0 Å². The zero-order chi connectivity index (χ0) is 17.0. The molecule has 0 spiro atoms. The second-order valence-electron chi connectivity index (χ2n) is 4.91. The van der Waals surface area contributed by atoms with E-state index >= 15 is 0 Å². The van der Waals surface area contributed by atoms with Crippen molar-refractivity contribution in [2.24, 2.45) is 0 Å². The number of rotatable bonds is 5. The number of halogens is 3. The molecule has 2 aromatic carbocycles. The average molecular weight is 324 g/mol. The van der Waals surface area contributed by atoms with Crippen molar-refractivity contribution in [2.45, 2.75) is 19.7 Å². The minimum atomic E-state index is -4.39. The Bertz CT molecular complexity index is 708. The van der Waals surface area contributed by atoms with E-state index in [-0.39, 0.29) is 12.4 Å². The van der Waals surface area contributed by atoms with E-state index in [4.69, 9.17) is 9.47 Å². The van der Waals surface area contributed by atoms with Crippen molar-refractivity contribution in [1.29, 1.82) is 0 Å². The van der Waals surface area contributed by atoms with Crippen molar-refractivity contribution < 1.29 is 27.4 Å². The summed E-state index contributed by atoms with van der Waals surface area (Å²) in [6.45, 7) is 1.39. The fraction of sp³-hybridized carbons (Fsp3) is 0.235. The van der Waals surface area contributed by atoms with Crippen LogP contribution < -0.4 is 9.47 Å². The number of Topliss-reactive ketones (excluding diaryl/α,β-unsaturated/α-hetero) is 1. The van der Waals surface area contributed by atoms with Crippen LogP contribution in [0, 0.1) is 0 Å². The third kappa shape index (κ3) is 4.25. The van der Waals surface area contributed by atoms with Gasteiger partial charge in [-0.3, -0.25) is 4.79 Å². The molecule has 0 atom stereocenters. The Morgan fingerprint density at radius 3 is 2.43 bits per heavy atom. The number of methoxy groups -OCH3 is 1. The highest BCUT2D eigenvalue weighted by molar-refractivity contribution is 5.94. The number of carbonyl (C=O) groups excluding carboxylic acids is 1. The Labute approximate surface area is 131 Å². The lowest BCUT2D eigenvalue weighted by molar-refractivity contribution is -0.137. The van der Waals surface area contributed by atoms with Gasteiger partial charge in [-0.2, -0.15) is 13.2 Å². The maximum atomic E-state index is 12.7. The second-order valence-corrected chi connectivity index (χ2v) is 4.91. The van der Waals surface area contributed by atoms with Crippen molar-refractivity contribution in [3.8, 4) is 11.5 Å². The molecule has 3 nitrogen and oxygen atoms in total. The van der Waals surface area contributed by atoms with Crippen molar-refractivity contribution in [3.63, 3.8) is 0 Å². The molecule has 2 aromatic rings. The smallest absolute Gasteiger partial charge is 0.416 e. The van der Waals surface area contributed by atoms with E-state index in [2.05, 4.69) is 0 Å².